The van der Waals surface area contributed by atoms with E-state index < -0.39 is 0 Å². The first kappa shape index (κ1) is 24.0. The molecule has 7 heteroatoms. The van der Waals surface area contributed by atoms with Gasteiger partial charge >= 0.3 is 0 Å². The fourth-order valence-electron chi connectivity index (χ4n) is 4.53. The number of hydrogen-bond donors (Lipinski definition) is 3. The van der Waals surface area contributed by atoms with Gasteiger partial charge in [0.05, 0.1) is 13.1 Å². The molecule has 1 aliphatic carbocycles. The number of amides is 2. The lowest BCUT2D eigenvalue weighted by atomic mass is 9.97. The summed E-state index contributed by atoms with van der Waals surface area (Å²) < 4.78 is 0. The van der Waals surface area contributed by atoms with Crippen molar-refractivity contribution in [2.24, 2.45) is 4.99 Å². The molecule has 0 saturated heterocycles. The van der Waals surface area contributed by atoms with Gasteiger partial charge in [-0.15, -0.1) is 11.3 Å². The Kier molecular flexibility index (Phi) is 7.57. The molecule has 2 aromatic carbocycles. The number of rotatable bonds is 8. The minimum absolute atomic E-state index is 0.147. The molecule has 0 bridgehead atoms. The Morgan fingerprint density at radius 1 is 0.972 bits per heavy atom. The van der Waals surface area contributed by atoms with Gasteiger partial charge < -0.3 is 16.0 Å². The van der Waals surface area contributed by atoms with Crippen molar-refractivity contribution >= 4 is 34.7 Å². The van der Waals surface area contributed by atoms with E-state index in [9.17, 15) is 9.59 Å². The Balaban J connectivity index is 1.16. The molecule has 2 aliphatic rings. The van der Waals surface area contributed by atoms with Crippen molar-refractivity contribution in [3.8, 4) is 0 Å². The molecule has 0 unspecified atom stereocenters. The largest absolute Gasteiger partial charge is 0.385 e. The number of benzene rings is 2. The van der Waals surface area contributed by atoms with Gasteiger partial charge in [0.1, 0.15) is 5.84 Å². The van der Waals surface area contributed by atoms with Crippen LogP contribution in [0.15, 0.2) is 76.6 Å². The molecule has 0 atom stereocenters. The monoisotopic (exact) mass is 498 g/mol. The first-order valence-electron chi connectivity index (χ1n) is 12.5. The van der Waals surface area contributed by atoms with E-state index in [1.165, 1.54) is 25.7 Å². The predicted octanol–water partition coefficient (Wildman–Crippen LogP) is 5.67. The van der Waals surface area contributed by atoms with E-state index in [1.54, 1.807) is 29.0 Å². The third-order valence-corrected chi connectivity index (χ3v) is 7.45. The summed E-state index contributed by atoms with van der Waals surface area (Å²) in [6, 6.07) is 17.0. The molecule has 3 aromatic rings. The van der Waals surface area contributed by atoms with Gasteiger partial charge in [0.15, 0.2) is 0 Å². The van der Waals surface area contributed by atoms with E-state index in [0.717, 1.165) is 34.7 Å². The van der Waals surface area contributed by atoms with Crippen LogP contribution in [0.5, 0.6) is 0 Å². The number of hydrogen-bond acceptors (Lipinski definition) is 5. The number of anilines is 1. The van der Waals surface area contributed by atoms with Gasteiger partial charge in [-0.05, 0) is 85.5 Å². The number of thiophene rings is 1. The topological polar surface area (TPSA) is 82.6 Å². The Hall–Kier alpha value is -3.71. The second-order valence-electron chi connectivity index (χ2n) is 9.12. The highest BCUT2D eigenvalue weighted by molar-refractivity contribution is 7.09. The van der Waals surface area contributed by atoms with Crippen molar-refractivity contribution in [3.63, 3.8) is 0 Å². The molecule has 0 radical (unpaired) electrons. The van der Waals surface area contributed by atoms with E-state index in [1.807, 2.05) is 47.8 Å². The molecule has 2 amide bonds. The normalized spacial score (nSPS) is 14.4. The first-order chi connectivity index (χ1) is 17.7. The van der Waals surface area contributed by atoms with Crippen molar-refractivity contribution < 1.29 is 9.59 Å². The number of allylic oxidation sites excluding steroid dienone is 1. The molecule has 0 spiro atoms. The number of amidine groups is 1. The van der Waals surface area contributed by atoms with Crippen LogP contribution in [0.3, 0.4) is 0 Å². The SMILES string of the molecule is O=C(NCc1cccs1)c1ccc2c(c1)C(NC(=O)c1ccc(NCCC3=CCCCC3)cc1)=NC2. The van der Waals surface area contributed by atoms with Crippen molar-refractivity contribution in [1.29, 1.82) is 0 Å². The molecule has 6 nitrogen and oxygen atoms in total. The minimum Gasteiger partial charge on any atom is -0.385 e. The third-order valence-electron chi connectivity index (χ3n) is 6.58. The van der Waals surface area contributed by atoms with Gasteiger partial charge in [0.25, 0.3) is 11.8 Å². The number of carbonyl (C=O) groups is 2. The molecule has 0 saturated carbocycles. The average Bonchev–Trinajstić information content (AvgIpc) is 3.58. The highest BCUT2D eigenvalue weighted by atomic mass is 32.1. The second kappa shape index (κ2) is 11.4. The van der Waals surface area contributed by atoms with E-state index >= 15 is 0 Å². The molecule has 3 N–H and O–H groups in total. The van der Waals surface area contributed by atoms with E-state index in [-0.39, 0.29) is 11.8 Å². The van der Waals surface area contributed by atoms with Gasteiger partial charge in [0, 0.05) is 33.8 Å². The Labute approximate surface area is 215 Å². The van der Waals surface area contributed by atoms with E-state index in [0.29, 0.717) is 30.1 Å². The Morgan fingerprint density at radius 3 is 2.61 bits per heavy atom. The molecule has 184 valence electrons. The summed E-state index contributed by atoms with van der Waals surface area (Å²) in [5.41, 5.74) is 5.45. The zero-order valence-corrected chi connectivity index (χ0v) is 21.0. The molecule has 1 aliphatic heterocycles. The predicted molar refractivity (Wildman–Crippen MR) is 146 cm³/mol. The van der Waals surface area contributed by atoms with E-state index in [2.05, 4.69) is 27.0 Å². The van der Waals surface area contributed by atoms with Crippen LogP contribution < -0.4 is 16.0 Å². The summed E-state index contributed by atoms with van der Waals surface area (Å²) in [6.07, 6.45) is 8.48. The van der Waals surface area contributed by atoms with Crippen LogP contribution in [-0.2, 0) is 13.1 Å². The summed E-state index contributed by atoms with van der Waals surface area (Å²) in [4.78, 5) is 31.1. The third kappa shape index (κ3) is 5.91. The molecular weight excluding hydrogens is 468 g/mol. The quantitative estimate of drug-likeness (QED) is 0.350. The van der Waals surface area contributed by atoms with Crippen molar-refractivity contribution in [3.05, 3.63) is 98.8 Å². The van der Waals surface area contributed by atoms with E-state index in [4.69, 9.17) is 0 Å². The minimum atomic E-state index is -0.215. The lowest BCUT2D eigenvalue weighted by Crippen LogP contribution is -2.30. The number of carbonyl (C=O) groups excluding carboxylic acids is 2. The Morgan fingerprint density at radius 2 is 1.83 bits per heavy atom. The summed E-state index contributed by atoms with van der Waals surface area (Å²) in [5, 5.41) is 11.3. The van der Waals surface area contributed by atoms with Crippen LogP contribution in [0.1, 0.15) is 68.8 Å². The van der Waals surface area contributed by atoms with Crippen LogP contribution in [0.25, 0.3) is 0 Å². The van der Waals surface area contributed by atoms with Crippen LogP contribution in [0.2, 0.25) is 0 Å². The maximum Gasteiger partial charge on any atom is 0.256 e. The van der Waals surface area contributed by atoms with Crippen LogP contribution >= 0.6 is 11.3 Å². The van der Waals surface area contributed by atoms with Crippen molar-refractivity contribution in [2.75, 3.05) is 11.9 Å². The van der Waals surface area contributed by atoms with Crippen molar-refractivity contribution in [2.45, 2.75) is 45.2 Å². The summed E-state index contributed by atoms with van der Waals surface area (Å²) >= 11 is 1.61. The molecule has 36 heavy (non-hydrogen) atoms. The van der Waals surface area contributed by atoms with Crippen LogP contribution in [0.4, 0.5) is 5.69 Å². The standard InChI is InChI=1S/C29H30N4O2S/c34-28(32-19-25-7-4-16-36-25)22-8-9-23-18-31-27(26(23)17-22)33-29(35)21-10-12-24(13-11-21)30-15-14-20-5-2-1-3-6-20/h4-5,7-13,16-17,30H,1-3,6,14-15,18-19H2,(H,32,34)(H,31,33,35). The lowest BCUT2D eigenvalue weighted by Gasteiger charge is -2.13. The maximum absolute atomic E-state index is 12.9. The highest BCUT2D eigenvalue weighted by Crippen LogP contribution is 2.22. The van der Waals surface area contributed by atoms with Crippen LogP contribution in [-0.4, -0.2) is 24.2 Å². The average molecular weight is 499 g/mol. The number of nitrogens with zero attached hydrogens (tertiary/aromatic N) is 1. The zero-order valence-electron chi connectivity index (χ0n) is 20.2. The fraction of sp³-hybridized carbons (Fsp3) is 0.276. The molecular formula is C29H30N4O2S. The second-order valence-corrected chi connectivity index (χ2v) is 10.1. The van der Waals surface area contributed by atoms with Gasteiger partial charge in [-0.1, -0.05) is 23.8 Å². The van der Waals surface area contributed by atoms with Gasteiger partial charge in [-0.2, -0.15) is 0 Å². The smallest absolute Gasteiger partial charge is 0.256 e. The maximum atomic E-state index is 12.9. The van der Waals surface area contributed by atoms with Crippen LogP contribution in [0, 0.1) is 0 Å². The zero-order chi connectivity index (χ0) is 24.7. The van der Waals surface area contributed by atoms with Gasteiger partial charge in [-0.3, -0.25) is 14.6 Å². The number of fused-ring (bicyclic) bond motifs is 1. The molecule has 1 aromatic heterocycles. The highest BCUT2D eigenvalue weighted by Gasteiger charge is 2.20. The Bertz CT molecular complexity index is 1290. The fourth-order valence-corrected chi connectivity index (χ4v) is 5.18. The molecule has 0 fully saturated rings. The first-order valence-corrected chi connectivity index (χ1v) is 13.4. The molecule has 2 heterocycles. The van der Waals surface area contributed by atoms with Crippen molar-refractivity contribution in [1.82, 2.24) is 10.6 Å². The number of aliphatic imine (C=N–C) groups is 1. The molecule has 5 rings (SSSR count). The van der Waals surface area contributed by atoms with Gasteiger partial charge in [0.2, 0.25) is 0 Å². The lowest BCUT2D eigenvalue weighted by molar-refractivity contribution is 0.0949. The summed E-state index contributed by atoms with van der Waals surface area (Å²) in [6.45, 7) is 1.88. The number of nitrogens with one attached hydrogen (secondary N) is 3. The van der Waals surface area contributed by atoms with Gasteiger partial charge in [-0.25, -0.2) is 0 Å². The summed E-state index contributed by atoms with van der Waals surface area (Å²) in [7, 11) is 0. The summed E-state index contributed by atoms with van der Waals surface area (Å²) in [5.74, 6) is 0.144.